The molecule has 1 atom stereocenters. The van der Waals surface area contributed by atoms with E-state index in [1.54, 1.807) is 14.0 Å². The Kier molecular flexibility index (Phi) is 6.37. The second-order valence-corrected chi connectivity index (χ2v) is 4.80. The van der Waals surface area contributed by atoms with E-state index in [0.717, 1.165) is 0 Å². The number of nitrogens with two attached hydrogens (primary N) is 1. The number of carbonyl (C=O) groups is 1. The predicted octanol–water partition coefficient (Wildman–Crippen LogP) is 2.57. The topological polar surface area (TPSA) is 73.6 Å². The second-order valence-electron chi connectivity index (χ2n) is 3.98. The zero-order valence-electron chi connectivity index (χ0n) is 10.7. The molecular weight excluding hydrogens is 291 g/mol. The number of nitrogen functional groups attached to an aromatic ring is 1. The Balaban J connectivity index is 2.58. The Morgan fingerprint density at radius 2 is 2.00 bits per heavy atom. The molecule has 1 rings (SSSR count). The van der Waals surface area contributed by atoms with Crippen molar-refractivity contribution in [2.24, 2.45) is 0 Å². The molecule has 0 spiro atoms. The molecule has 5 nitrogen and oxygen atoms in total. The zero-order chi connectivity index (χ0) is 14.4. The molecule has 1 amide bonds. The van der Waals surface area contributed by atoms with Crippen molar-refractivity contribution < 1.29 is 14.3 Å². The molecule has 0 aromatic heterocycles. The normalized spacial score (nSPS) is 12.2. The first-order valence-electron chi connectivity index (χ1n) is 5.59. The van der Waals surface area contributed by atoms with Crippen LogP contribution in [-0.4, -0.2) is 32.3 Å². The molecule has 7 heteroatoms. The van der Waals surface area contributed by atoms with Crippen LogP contribution in [0.5, 0.6) is 0 Å². The molecule has 106 valence electrons. The molecule has 0 aliphatic heterocycles. The van der Waals surface area contributed by atoms with Gasteiger partial charge in [-0.2, -0.15) is 0 Å². The third-order valence-corrected chi connectivity index (χ3v) is 2.83. The highest BCUT2D eigenvalue weighted by Gasteiger charge is 2.12. The third kappa shape index (κ3) is 5.24. The molecule has 0 saturated carbocycles. The molecule has 1 aromatic carbocycles. The smallest absolute Gasteiger partial charge is 0.250 e. The van der Waals surface area contributed by atoms with E-state index in [9.17, 15) is 4.79 Å². The summed E-state index contributed by atoms with van der Waals surface area (Å²) in [6.07, 6.45) is -0.173. The van der Waals surface area contributed by atoms with Crippen molar-refractivity contribution in [1.82, 2.24) is 0 Å². The highest BCUT2D eigenvalue weighted by Crippen LogP contribution is 2.32. The van der Waals surface area contributed by atoms with Crippen LogP contribution >= 0.6 is 23.2 Å². The van der Waals surface area contributed by atoms with E-state index in [1.807, 2.05) is 0 Å². The molecule has 0 bridgehead atoms. The van der Waals surface area contributed by atoms with Crippen molar-refractivity contribution in [2.75, 3.05) is 31.4 Å². The van der Waals surface area contributed by atoms with E-state index in [-0.39, 0.29) is 28.7 Å². The summed E-state index contributed by atoms with van der Waals surface area (Å²) in [5.41, 5.74) is 6.32. The lowest BCUT2D eigenvalue weighted by molar-refractivity contribution is -0.123. The standard InChI is InChI=1S/C12H16Cl2N2O3/c1-7(5-18-2)19-6-11(17)16-12-9(13)3-8(15)4-10(12)14/h3-4,7H,5-6,15H2,1-2H3,(H,16,17). The maximum atomic E-state index is 11.7. The van der Waals surface area contributed by atoms with Gasteiger partial charge in [-0.15, -0.1) is 0 Å². The number of amides is 1. The van der Waals surface area contributed by atoms with Gasteiger partial charge < -0.3 is 20.5 Å². The average Bonchev–Trinajstić information content (AvgIpc) is 2.31. The van der Waals surface area contributed by atoms with E-state index in [2.05, 4.69) is 5.32 Å². The first-order valence-corrected chi connectivity index (χ1v) is 6.34. The number of hydrogen-bond acceptors (Lipinski definition) is 4. The minimum Gasteiger partial charge on any atom is -0.399 e. The molecule has 19 heavy (non-hydrogen) atoms. The number of hydrogen-bond donors (Lipinski definition) is 2. The lowest BCUT2D eigenvalue weighted by Gasteiger charge is -2.13. The van der Waals surface area contributed by atoms with Gasteiger partial charge in [0.2, 0.25) is 5.91 Å². The number of anilines is 2. The monoisotopic (exact) mass is 306 g/mol. The van der Waals surface area contributed by atoms with Crippen molar-refractivity contribution >= 4 is 40.5 Å². The van der Waals surface area contributed by atoms with Crippen LogP contribution in [0, 0.1) is 0 Å². The minimum atomic E-state index is -0.350. The molecule has 0 saturated heterocycles. The van der Waals surface area contributed by atoms with Crippen LogP contribution in [0.15, 0.2) is 12.1 Å². The molecule has 1 aromatic rings. The van der Waals surface area contributed by atoms with Crippen molar-refractivity contribution in [3.63, 3.8) is 0 Å². The van der Waals surface area contributed by atoms with Crippen LogP contribution < -0.4 is 11.1 Å². The Morgan fingerprint density at radius 3 is 2.53 bits per heavy atom. The quantitative estimate of drug-likeness (QED) is 0.792. The van der Waals surface area contributed by atoms with E-state index in [0.29, 0.717) is 18.0 Å². The first kappa shape index (κ1) is 16.0. The third-order valence-electron chi connectivity index (χ3n) is 2.23. The zero-order valence-corrected chi connectivity index (χ0v) is 12.2. The van der Waals surface area contributed by atoms with Crippen molar-refractivity contribution in [3.05, 3.63) is 22.2 Å². The first-order chi connectivity index (χ1) is 8.93. The van der Waals surface area contributed by atoms with Crippen molar-refractivity contribution in [2.45, 2.75) is 13.0 Å². The van der Waals surface area contributed by atoms with E-state index < -0.39 is 0 Å². The van der Waals surface area contributed by atoms with Gasteiger partial charge in [0.25, 0.3) is 0 Å². The summed E-state index contributed by atoms with van der Waals surface area (Å²) < 4.78 is 10.2. The van der Waals surface area contributed by atoms with Crippen LogP contribution in [0.3, 0.4) is 0 Å². The Labute approximate surface area is 122 Å². The van der Waals surface area contributed by atoms with Gasteiger partial charge >= 0.3 is 0 Å². The summed E-state index contributed by atoms with van der Waals surface area (Å²) in [6, 6.07) is 3.02. The summed E-state index contributed by atoms with van der Waals surface area (Å²) in [7, 11) is 1.56. The molecular formula is C12H16Cl2N2O3. The lowest BCUT2D eigenvalue weighted by Crippen LogP contribution is -2.24. The van der Waals surface area contributed by atoms with Crippen molar-refractivity contribution in [3.8, 4) is 0 Å². The Bertz CT molecular complexity index is 432. The van der Waals surface area contributed by atoms with Crippen molar-refractivity contribution in [1.29, 1.82) is 0 Å². The van der Waals surface area contributed by atoms with Gasteiger partial charge in [0.1, 0.15) is 6.61 Å². The molecule has 0 aliphatic carbocycles. The van der Waals surface area contributed by atoms with Gasteiger partial charge in [0.15, 0.2) is 0 Å². The average molecular weight is 307 g/mol. The number of methoxy groups -OCH3 is 1. The number of rotatable bonds is 6. The van der Waals surface area contributed by atoms with Gasteiger partial charge in [0, 0.05) is 12.8 Å². The largest absolute Gasteiger partial charge is 0.399 e. The van der Waals surface area contributed by atoms with Gasteiger partial charge in [-0.3, -0.25) is 4.79 Å². The highest BCUT2D eigenvalue weighted by atomic mass is 35.5. The molecule has 0 heterocycles. The van der Waals surface area contributed by atoms with E-state index >= 15 is 0 Å². The minimum absolute atomic E-state index is 0.110. The molecule has 0 aliphatic rings. The van der Waals surface area contributed by atoms with E-state index in [1.165, 1.54) is 12.1 Å². The number of benzene rings is 1. The van der Waals surface area contributed by atoms with Crippen LogP contribution in [0.2, 0.25) is 10.0 Å². The van der Waals surface area contributed by atoms with E-state index in [4.69, 9.17) is 38.4 Å². The SMILES string of the molecule is COCC(C)OCC(=O)Nc1c(Cl)cc(N)cc1Cl. The summed E-state index contributed by atoms with van der Waals surface area (Å²) in [4.78, 5) is 11.7. The van der Waals surface area contributed by atoms with Gasteiger partial charge in [-0.25, -0.2) is 0 Å². The lowest BCUT2D eigenvalue weighted by atomic mass is 10.3. The number of ether oxygens (including phenoxy) is 2. The fourth-order valence-electron chi connectivity index (χ4n) is 1.39. The number of nitrogens with one attached hydrogen (secondary N) is 1. The maximum absolute atomic E-state index is 11.7. The number of halogens is 2. The van der Waals surface area contributed by atoms with Gasteiger partial charge in [-0.1, -0.05) is 23.2 Å². The fraction of sp³-hybridized carbons (Fsp3) is 0.417. The molecule has 3 N–H and O–H groups in total. The second kappa shape index (κ2) is 7.55. The van der Waals surface area contributed by atoms with Crippen LogP contribution in [-0.2, 0) is 14.3 Å². The number of carbonyl (C=O) groups excluding carboxylic acids is 1. The summed E-state index contributed by atoms with van der Waals surface area (Å²) in [5.74, 6) is -0.350. The Morgan fingerprint density at radius 1 is 1.42 bits per heavy atom. The molecule has 1 unspecified atom stereocenters. The predicted molar refractivity (Wildman–Crippen MR) is 76.8 cm³/mol. The highest BCUT2D eigenvalue weighted by molar-refractivity contribution is 6.40. The fourth-order valence-corrected chi connectivity index (χ4v) is 1.99. The van der Waals surface area contributed by atoms with Crippen LogP contribution in [0.25, 0.3) is 0 Å². The van der Waals surface area contributed by atoms with Gasteiger partial charge in [0.05, 0.1) is 28.4 Å². The van der Waals surface area contributed by atoms with Crippen LogP contribution in [0.4, 0.5) is 11.4 Å². The summed E-state index contributed by atoms with van der Waals surface area (Å²) in [6.45, 7) is 2.11. The molecule has 0 fully saturated rings. The maximum Gasteiger partial charge on any atom is 0.250 e. The molecule has 0 radical (unpaired) electrons. The Hall–Kier alpha value is -1.01. The summed E-state index contributed by atoms with van der Waals surface area (Å²) in [5, 5.41) is 3.14. The summed E-state index contributed by atoms with van der Waals surface area (Å²) >= 11 is 11.9. The van der Waals surface area contributed by atoms with Gasteiger partial charge in [-0.05, 0) is 19.1 Å². The van der Waals surface area contributed by atoms with Crippen LogP contribution in [0.1, 0.15) is 6.92 Å².